The predicted molar refractivity (Wildman–Crippen MR) is 94.2 cm³/mol. The van der Waals surface area contributed by atoms with E-state index in [9.17, 15) is 0 Å². The van der Waals surface area contributed by atoms with Crippen molar-refractivity contribution < 1.29 is 0 Å². The van der Waals surface area contributed by atoms with Crippen molar-refractivity contribution >= 4 is 17.2 Å². The molecule has 0 fully saturated rings. The van der Waals surface area contributed by atoms with Gasteiger partial charge in [-0.1, -0.05) is 12.1 Å². The maximum atomic E-state index is 5.69. The van der Waals surface area contributed by atoms with Gasteiger partial charge in [-0.3, -0.25) is 0 Å². The zero-order valence-electron chi connectivity index (χ0n) is 12.6. The first-order chi connectivity index (χ1) is 10.7. The van der Waals surface area contributed by atoms with E-state index in [0.29, 0.717) is 5.82 Å². The molecule has 2 aromatic heterocycles. The summed E-state index contributed by atoms with van der Waals surface area (Å²) in [6.45, 7) is 2.20. The van der Waals surface area contributed by atoms with E-state index in [1.165, 1.54) is 44.8 Å². The Hall–Kier alpha value is -2.13. The van der Waals surface area contributed by atoms with Gasteiger partial charge in [-0.15, -0.1) is 11.3 Å². The monoisotopic (exact) mass is 306 g/mol. The van der Waals surface area contributed by atoms with Crippen molar-refractivity contribution in [2.45, 2.75) is 26.2 Å². The number of pyridine rings is 1. The van der Waals surface area contributed by atoms with Gasteiger partial charge >= 0.3 is 0 Å². The minimum absolute atomic E-state index is 0.565. The van der Waals surface area contributed by atoms with Crippen LogP contribution in [0.5, 0.6) is 0 Å². The van der Waals surface area contributed by atoms with Crippen LogP contribution in [0.25, 0.3) is 21.6 Å². The number of benzene rings is 1. The molecule has 110 valence electrons. The number of rotatable bonds is 1. The fraction of sp³-hybridized carbons (Fsp3) is 0.211. The number of anilines is 1. The van der Waals surface area contributed by atoms with Gasteiger partial charge in [0.15, 0.2) is 0 Å². The highest BCUT2D eigenvalue weighted by Crippen LogP contribution is 2.40. The van der Waals surface area contributed by atoms with Crippen molar-refractivity contribution in [3.63, 3.8) is 0 Å². The fourth-order valence-corrected chi connectivity index (χ4v) is 4.33. The van der Waals surface area contributed by atoms with Crippen LogP contribution in [-0.2, 0) is 12.8 Å². The maximum Gasteiger partial charge on any atom is 0.123 e. The number of thiophene rings is 1. The number of nitrogen functional groups attached to an aromatic ring is 1. The molecule has 0 spiro atoms. The molecule has 1 aromatic carbocycles. The third-order valence-electron chi connectivity index (χ3n) is 4.30. The third kappa shape index (κ3) is 2.32. The minimum atomic E-state index is 0.565. The van der Waals surface area contributed by atoms with Crippen LogP contribution < -0.4 is 5.73 Å². The molecule has 0 radical (unpaired) electrons. The lowest BCUT2D eigenvalue weighted by atomic mass is 9.98. The fourth-order valence-electron chi connectivity index (χ4n) is 3.21. The summed E-state index contributed by atoms with van der Waals surface area (Å²) in [7, 11) is 0. The number of aromatic nitrogens is 1. The number of hydrogen-bond donors (Lipinski definition) is 1. The summed E-state index contributed by atoms with van der Waals surface area (Å²) < 4.78 is 0. The molecular formula is C19H18N2S. The minimum Gasteiger partial charge on any atom is -0.384 e. The molecule has 3 heteroatoms. The first kappa shape index (κ1) is 13.5. The largest absolute Gasteiger partial charge is 0.384 e. The van der Waals surface area contributed by atoms with E-state index in [4.69, 9.17) is 5.73 Å². The highest BCUT2D eigenvalue weighted by Gasteiger charge is 2.17. The van der Waals surface area contributed by atoms with E-state index < -0.39 is 0 Å². The number of fused-ring (bicyclic) bond motifs is 3. The summed E-state index contributed by atoms with van der Waals surface area (Å²) in [6.07, 6.45) is 5.44. The number of aryl methyl sites for hydroxylation is 3. The van der Waals surface area contributed by atoms with Crippen LogP contribution in [0.1, 0.15) is 22.4 Å². The summed E-state index contributed by atoms with van der Waals surface area (Å²) in [5.74, 6) is 0.565. The SMILES string of the molecule is Cc1cc2c(s1)-c1cc(-c3ccc(N)nc3)ccc1CCC2. The molecule has 0 saturated heterocycles. The van der Waals surface area contributed by atoms with Crippen molar-refractivity contribution in [1.29, 1.82) is 0 Å². The van der Waals surface area contributed by atoms with Crippen LogP contribution in [0.4, 0.5) is 5.82 Å². The van der Waals surface area contributed by atoms with Crippen molar-refractivity contribution in [3.8, 4) is 21.6 Å². The Bertz CT molecular complexity index is 831. The van der Waals surface area contributed by atoms with Crippen LogP contribution in [-0.4, -0.2) is 4.98 Å². The lowest BCUT2D eigenvalue weighted by Gasteiger charge is -2.09. The maximum absolute atomic E-state index is 5.69. The first-order valence-electron chi connectivity index (χ1n) is 7.65. The standard InChI is InChI=1S/C19H18N2S/c1-12-9-15-4-2-3-13-5-6-14(10-17(13)19(15)22-12)16-7-8-18(20)21-11-16/h5-11H,2-4H2,1H3,(H2,20,21). The van der Waals surface area contributed by atoms with E-state index in [-0.39, 0.29) is 0 Å². The van der Waals surface area contributed by atoms with Crippen LogP contribution in [0.2, 0.25) is 0 Å². The molecule has 0 atom stereocenters. The Morgan fingerprint density at radius 1 is 1.00 bits per heavy atom. The normalized spacial score (nSPS) is 13.3. The molecule has 22 heavy (non-hydrogen) atoms. The molecule has 2 N–H and O–H groups in total. The number of nitrogens with two attached hydrogens (primary N) is 1. The lowest BCUT2D eigenvalue weighted by molar-refractivity contribution is 0.835. The molecular weight excluding hydrogens is 288 g/mol. The zero-order valence-corrected chi connectivity index (χ0v) is 13.4. The molecule has 2 heterocycles. The van der Waals surface area contributed by atoms with Gasteiger partial charge in [0.05, 0.1) is 0 Å². The average Bonchev–Trinajstić information content (AvgIpc) is 2.81. The van der Waals surface area contributed by atoms with Gasteiger partial charge in [0.1, 0.15) is 5.82 Å². The van der Waals surface area contributed by atoms with E-state index in [1.54, 1.807) is 0 Å². The summed E-state index contributed by atoms with van der Waals surface area (Å²) in [6, 6.07) is 13.1. The summed E-state index contributed by atoms with van der Waals surface area (Å²) in [5, 5.41) is 0. The predicted octanol–water partition coefficient (Wildman–Crippen LogP) is 4.86. The van der Waals surface area contributed by atoms with Crippen LogP contribution in [0.15, 0.2) is 42.6 Å². The molecule has 0 saturated carbocycles. The second-order valence-electron chi connectivity index (χ2n) is 5.91. The Labute approximate surface area is 134 Å². The summed E-state index contributed by atoms with van der Waals surface area (Å²) in [5.41, 5.74) is 12.4. The molecule has 1 aliphatic carbocycles. The zero-order chi connectivity index (χ0) is 15.1. The molecule has 0 unspecified atom stereocenters. The van der Waals surface area contributed by atoms with E-state index >= 15 is 0 Å². The second-order valence-corrected chi connectivity index (χ2v) is 7.16. The quantitative estimate of drug-likeness (QED) is 0.697. The van der Waals surface area contributed by atoms with Crippen molar-refractivity contribution in [2.24, 2.45) is 0 Å². The summed E-state index contributed by atoms with van der Waals surface area (Å²) >= 11 is 1.92. The van der Waals surface area contributed by atoms with Gasteiger partial charge in [-0.2, -0.15) is 0 Å². The molecule has 0 amide bonds. The van der Waals surface area contributed by atoms with Crippen LogP contribution in [0.3, 0.4) is 0 Å². The van der Waals surface area contributed by atoms with Gasteiger partial charge in [-0.25, -0.2) is 4.98 Å². The molecule has 1 aliphatic rings. The van der Waals surface area contributed by atoms with Gasteiger partial charge in [0.2, 0.25) is 0 Å². The Morgan fingerprint density at radius 3 is 2.64 bits per heavy atom. The van der Waals surface area contributed by atoms with Crippen LogP contribution >= 0.6 is 11.3 Å². The van der Waals surface area contributed by atoms with Crippen molar-refractivity contribution in [2.75, 3.05) is 5.73 Å². The number of hydrogen-bond acceptors (Lipinski definition) is 3. The molecule has 2 nitrogen and oxygen atoms in total. The second kappa shape index (κ2) is 5.25. The van der Waals surface area contributed by atoms with Gasteiger partial charge in [0, 0.05) is 21.5 Å². The third-order valence-corrected chi connectivity index (χ3v) is 5.42. The van der Waals surface area contributed by atoms with Gasteiger partial charge < -0.3 is 5.73 Å². The lowest BCUT2D eigenvalue weighted by Crippen LogP contribution is -1.91. The average molecular weight is 306 g/mol. The highest BCUT2D eigenvalue weighted by molar-refractivity contribution is 7.15. The Morgan fingerprint density at radius 2 is 1.82 bits per heavy atom. The van der Waals surface area contributed by atoms with Crippen molar-refractivity contribution in [1.82, 2.24) is 4.98 Å². The van der Waals surface area contributed by atoms with Gasteiger partial charge in [0.25, 0.3) is 0 Å². The topological polar surface area (TPSA) is 38.9 Å². The molecule has 0 aliphatic heterocycles. The van der Waals surface area contributed by atoms with E-state index in [2.05, 4.69) is 36.2 Å². The number of nitrogens with zero attached hydrogens (tertiary/aromatic N) is 1. The van der Waals surface area contributed by atoms with Gasteiger partial charge in [-0.05, 0) is 72.7 Å². The highest BCUT2D eigenvalue weighted by atomic mass is 32.1. The first-order valence-corrected chi connectivity index (χ1v) is 8.47. The van der Waals surface area contributed by atoms with E-state index in [1.807, 2.05) is 29.7 Å². The van der Waals surface area contributed by atoms with E-state index in [0.717, 1.165) is 12.0 Å². The molecule has 0 bridgehead atoms. The molecule has 4 rings (SSSR count). The van der Waals surface area contributed by atoms with Crippen LogP contribution in [0, 0.1) is 6.92 Å². The molecule has 3 aromatic rings. The summed E-state index contributed by atoms with van der Waals surface area (Å²) in [4.78, 5) is 7.07. The van der Waals surface area contributed by atoms with Crippen molar-refractivity contribution in [3.05, 3.63) is 58.6 Å². The Kier molecular flexibility index (Phi) is 3.23. The smallest absolute Gasteiger partial charge is 0.123 e. The Balaban J connectivity index is 1.87.